The minimum atomic E-state index is -0.160. The lowest BCUT2D eigenvalue weighted by atomic mass is 9.95. The maximum atomic E-state index is 11.2. The molecule has 1 atom stereocenters. The molecular formula is C11H16BrN3O. The minimum Gasteiger partial charge on any atom is -0.303 e. The zero-order valence-corrected chi connectivity index (χ0v) is 11.0. The molecule has 0 saturated carbocycles. The molecule has 1 aromatic heterocycles. The van der Waals surface area contributed by atoms with E-state index in [9.17, 15) is 4.79 Å². The molecule has 88 valence electrons. The molecule has 0 amide bonds. The van der Waals surface area contributed by atoms with Gasteiger partial charge < -0.3 is 4.90 Å². The fourth-order valence-corrected chi connectivity index (χ4v) is 2.51. The molecular weight excluding hydrogens is 270 g/mol. The molecule has 2 rings (SSSR count). The number of nitrogens with zero attached hydrogens (tertiary/aromatic N) is 2. The van der Waals surface area contributed by atoms with Crippen LogP contribution < -0.4 is 5.56 Å². The number of H-pyrrole nitrogens is 1. The Labute approximate surface area is 103 Å². The predicted octanol–water partition coefficient (Wildman–Crippen LogP) is 1.73. The van der Waals surface area contributed by atoms with Crippen molar-refractivity contribution in [3.63, 3.8) is 0 Å². The zero-order chi connectivity index (χ0) is 11.5. The SMILES string of the molecule is CCN1CCCC(c2cc(Br)c(=O)[nH]n2)C1. The molecule has 1 fully saturated rings. The standard InChI is InChI=1S/C11H16BrN3O/c1-2-15-5-3-4-8(7-15)10-6-9(12)11(16)14-13-10/h6,8H,2-5,7H2,1H3,(H,14,16). The molecule has 5 heteroatoms. The first-order valence-corrected chi connectivity index (χ1v) is 6.47. The Kier molecular flexibility index (Phi) is 3.76. The molecule has 0 radical (unpaired) electrons. The second-order valence-corrected chi connectivity index (χ2v) is 5.06. The van der Waals surface area contributed by atoms with Crippen molar-refractivity contribution < 1.29 is 0 Å². The zero-order valence-electron chi connectivity index (χ0n) is 9.37. The summed E-state index contributed by atoms with van der Waals surface area (Å²) < 4.78 is 0.575. The second kappa shape index (κ2) is 5.10. The Morgan fingerprint density at radius 1 is 1.69 bits per heavy atom. The van der Waals surface area contributed by atoms with Crippen molar-refractivity contribution in [2.24, 2.45) is 0 Å². The van der Waals surface area contributed by atoms with Crippen LogP contribution >= 0.6 is 15.9 Å². The summed E-state index contributed by atoms with van der Waals surface area (Å²) in [5.41, 5.74) is 0.830. The van der Waals surface area contributed by atoms with Gasteiger partial charge in [0.05, 0.1) is 10.2 Å². The third kappa shape index (κ3) is 2.52. The number of likely N-dealkylation sites (N-methyl/N-ethyl adjacent to an activating group) is 1. The van der Waals surface area contributed by atoms with Gasteiger partial charge in [0.1, 0.15) is 0 Å². The van der Waals surface area contributed by atoms with Crippen molar-refractivity contribution in [3.05, 3.63) is 26.6 Å². The lowest BCUT2D eigenvalue weighted by Crippen LogP contribution is -2.34. The molecule has 4 nitrogen and oxygen atoms in total. The van der Waals surface area contributed by atoms with Crippen LogP contribution in [0.4, 0.5) is 0 Å². The smallest absolute Gasteiger partial charge is 0.278 e. The number of hydrogen-bond donors (Lipinski definition) is 1. The summed E-state index contributed by atoms with van der Waals surface area (Å²) in [4.78, 5) is 13.6. The van der Waals surface area contributed by atoms with E-state index in [1.165, 1.54) is 13.0 Å². The van der Waals surface area contributed by atoms with E-state index in [0.29, 0.717) is 10.4 Å². The van der Waals surface area contributed by atoms with E-state index in [0.717, 1.165) is 25.2 Å². The van der Waals surface area contributed by atoms with Crippen LogP contribution in [0.1, 0.15) is 31.4 Å². The number of nitrogens with one attached hydrogen (secondary N) is 1. The summed E-state index contributed by atoms with van der Waals surface area (Å²) in [6, 6.07) is 1.85. The molecule has 1 aromatic rings. The summed E-state index contributed by atoms with van der Waals surface area (Å²) in [7, 11) is 0. The molecule has 1 aliphatic rings. The van der Waals surface area contributed by atoms with Gasteiger partial charge in [-0.3, -0.25) is 4.79 Å². The van der Waals surface area contributed by atoms with Gasteiger partial charge >= 0.3 is 0 Å². The molecule has 1 aliphatic heterocycles. The van der Waals surface area contributed by atoms with Gasteiger partial charge in [-0.2, -0.15) is 5.10 Å². The summed E-state index contributed by atoms with van der Waals surface area (Å²) in [5.74, 6) is 0.446. The van der Waals surface area contributed by atoms with E-state index < -0.39 is 0 Å². The van der Waals surface area contributed by atoms with Crippen LogP contribution in [0.15, 0.2) is 15.3 Å². The maximum Gasteiger partial charge on any atom is 0.278 e. The number of aromatic nitrogens is 2. The number of aromatic amines is 1. The first kappa shape index (κ1) is 11.8. The van der Waals surface area contributed by atoms with Crippen LogP contribution in [0.5, 0.6) is 0 Å². The molecule has 0 aromatic carbocycles. The Morgan fingerprint density at radius 3 is 3.19 bits per heavy atom. The van der Waals surface area contributed by atoms with Gasteiger partial charge in [0, 0.05) is 12.5 Å². The van der Waals surface area contributed by atoms with Crippen molar-refractivity contribution in [2.45, 2.75) is 25.7 Å². The molecule has 0 aliphatic carbocycles. The van der Waals surface area contributed by atoms with Crippen LogP contribution in [-0.4, -0.2) is 34.7 Å². The van der Waals surface area contributed by atoms with Crippen LogP contribution in [-0.2, 0) is 0 Å². The predicted molar refractivity (Wildman–Crippen MR) is 66.6 cm³/mol. The molecule has 1 unspecified atom stereocenters. The van der Waals surface area contributed by atoms with E-state index in [-0.39, 0.29) is 5.56 Å². The van der Waals surface area contributed by atoms with Crippen molar-refractivity contribution in [1.29, 1.82) is 0 Å². The summed E-state index contributed by atoms with van der Waals surface area (Å²) in [6.07, 6.45) is 2.36. The van der Waals surface area contributed by atoms with Gasteiger partial charge in [0.15, 0.2) is 0 Å². The van der Waals surface area contributed by atoms with Crippen LogP contribution in [0.3, 0.4) is 0 Å². The topological polar surface area (TPSA) is 49.0 Å². The minimum absolute atomic E-state index is 0.160. The number of rotatable bonds is 2. The third-order valence-electron chi connectivity index (χ3n) is 3.15. The van der Waals surface area contributed by atoms with E-state index in [1.54, 1.807) is 0 Å². The van der Waals surface area contributed by atoms with Crippen molar-refractivity contribution >= 4 is 15.9 Å². The highest BCUT2D eigenvalue weighted by Crippen LogP contribution is 2.25. The van der Waals surface area contributed by atoms with Crippen molar-refractivity contribution in [2.75, 3.05) is 19.6 Å². The van der Waals surface area contributed by atoms with E-state index >= 15 is 0 Å². The monoisotopic (exact) mass is 285 g/mol. The number of piperidine rings is 1. The Hall–Kier alpha value is -0.680. The Morgan fingerprint density at radius 2 is 2.50 bits per heavy atom. The molecule has 2 heterocycles. The van der Waals surface area contributed by atoms with Gasteiger partial charge in [-0.25, -0.2) is 5.10 Å². The lowest BCUT2D eigenvalue weighted by Gasteiger charge is -2.31. The fourth-order valence-electron chi connectivity index (χ4n) is 2.19. The van der Waals surface area contributed by atoms with Gasteiger partial charge in [-0.15, -0.1) is 0 Å². The van der Waals surface area contributed by atoms with E-state index in [1.807, 2.05) is 6.07 Å². The summed E-state index contributed by atoms with van der Waals surface area (Å²) in [5, 5.41) is 6.66. The Balaban J connectivity index is 2.17. The maximum absolute atomic E-state index is 11.2. The average molecular weight is 286 g/mol. The average Bonchev–Trinajstić information content (AvgIpc) is 2.33. The first-order valence-electron chi connectivity index (χ1n) is 5.68. The highest BCUT2D eigenvalue weighted by molar-refractivity contribution is 9.10. The molecule has 0 spiro atoms. The van der Waals surface area contributed by atoms with Crippen LogP contribution in [0, 0.1) is 0 Å². The van der Waals surface area contributed by atoms with Gasteiger partial charge in [-0.1, -0.05) is 6.92 Å². The molecule has 16 heavy (non-hydrogen) atoms. The highest BCUT2D eigenvalue weighted by Gasteiger charge is 2.21. The third-order valence-corrected chi connectivity index (χ3v) is 3.74. The number of likely N-dealkylation sites (tertiary alicyclic amines) is 1. The van der Waals surface area contributed by atoms with E-state index in [4.69, 9.17) is 0 Å². The summed E-state index contributed by atoms with van der Waals surface area (Å²) >= 11 is 3.25. The normalized spacial score (nSPS) is 22.2. The van der Waals surface area contributed by atoms with Gasteiger partial charge in [0.2, 0.25) is 0 Å². The largest absolute Gasteiger partial charge is 0.303 e. The Bertz CT molecular complexity index is 418. The molecule has 1 N–H and O–H groups in total. The van der Waals surface area contributed by atoms with E-state index in [2.05, 4.69) is 38.0 Å². The van der Waals surface area contributed by atoms with Crippen LogP contribution in [0.25, 0.3) is 0 Å². The lowest BCUT2D eigenvalue weighted by molar-refractivity contribution is 0.215. The fraction of sp³-hybridized carbons (Fsp3) is 0.636. The highest BCUT2D eigenvalue weighted by atomic mass is 79.9. The van der Waals surface area contributed by atoms with Crippen molar-refractivity contribution in [3.8, 4) is 0 Å². The molecule has 1 saturated heterocycles. The quantitative estimate of drug-likeness (QED) is 0.900. The first-order chi connectivity index (χ1) is 7.70. The van der Waals surface area contributed by atoms with Gasteiger partial charge in [-0.05, 0) is 47.9 Å². The summed E-state index contributed by atoms with van der Waals surface area (Å²) in [6.45, 7) is 5.49. The second-order valence-electron chi connectivity index (χ2n) is 4.20. The van der Waals surface area contributed by atoms with Crippen molar-refractivity contribution in [1.82, 2.24) is 15.1 Å². The van der Waals surface area contributed by atoms with Gasteiger partial charge in [0.25, 0.3) is 5.56 Å². The molecule has 0 bridgehead atoms. The number of hydrogen-bond acceptors (Lipinski definition) is 3. The number of halogens is 1. The van der Waals surface area contributed by atoms with Crippen LogP contribution in [0.2, 0.25) is 0 Å².